The minimum absolute atomic E-state index is 0.128. The summed E-state index contributed by atoms with van der Waals surface area (Å²) < 4.78 is 24.9. The fourth-order valence-electron chi connectivity index (χ4n) is 4.18. The third-order valence-corrected chi connectivity index (χ3v) is 5.58. The Morgan fingerprint density at radius 3 is 2.62 bits per heavy atom. The van der Waals surface area contributed by atoms with Crippen LogP contribution < -0.4 is 0 Å². The van der Waals surface area contributed by atoms with Crippen molar-refractivity contribution in [3.05, 3.63) is 34.6 Å². The monoisotopic (exact) mass is 425 g/mol. The highest BCUT2D eigenvalue weighted by Gasteiger charge is 2.69. The number of hydrogen-bond acceptors (Lipinski definition) is 5. The highest BCUT2D eigenvalue weighted by Crippen LogP contribution is 2.63. The molecule has 8 heteroatoms. The Bertz CT molecular complexity index is 852. The lowest BCUT2D eigenvalue weighted by atomic mass is 9.93. The summed E-state index contributed by atoms with van der Waals surface area (Å²) in [6, 6.07) is 3.42. The molecule has 6 nitrogen and oxygen atoms in total. The van der Waals surface area contributed by atoms with Gasteiger partial charge in [0.05, 0.1) is 12.6 Å². The van der Waals surface area contributed by atoms with Crippen molar-refractivity contribution in [3.63, 3.8) is 0 Å². The van der Waals surface area contributed by atoms with Crippen molar-refractivity contribution in [2.75, 3.05) is 13.2 Å². The number of fused-ring (bicyclic) bond motifs is 1. The number of likely N-dealkylation sites (tertiary alicyclic amines) is 1. The predicted molar refractivity (Wildman–Crippen MR) is 104 cm³/mol. The number of carbonyl (C=O) groups is 3. The Kier molecular flexibility index (Phi) is 5.64. The van der Waals surface area contributed by atoms with Crippen LogP contribution in [0.2, 0.25) is 5.02 Å². The molecule has 1 unspecified atom stereocenters. The second-order valence-corrected chi connectivity index (χ2v) is 9.03. The van der Waals surface area contributed by atoms with Gasteiger partial charge in [0, 0.05) is 17.0 Å². The van der Waals surface area contributed by atoms with Gasteiger partial charge < -0.3 is 9.47 Å². The second-order valence-electron chi connectivity index (χ2n) is 8.59. The smallest absolute Gasteiger partial charge is 0.410 e. The second kappa shape index (κ2) is 7.59. The van der Waals surface area contributed by atoms with Crippen molar-refractivity contribution in [2.24, 2.45) is 5.92 Å². The van der Waals surface area contributed by atoms with E-state index in [0.717, 1.165) is 0 Å². The lowest BCUT2D eigenvalue weighted by Gasteiger charge is -2.30. The largest absolute Gasteiger partial charge is 0.466 e. The van der Waals surface area contributed by atoms with Crippen molar-refractivity contribution >= 4 is 29.4 Å². The van der Waals surface area contributed by atoms with Gasteiger partial charge in [0.1, 0.15) is 17.8 Å². The van der Waals surface area contributed by atoms with Gasteiger partial charge >= 0.3 is 12.1 Å². The van der Waals surface area contributed by atoms with Gasteiger partial charge in [-0.15, -0.1) is 0 Å². The fraction of sp³-hybridized carbons (Fsp3) is 0.571. The highest BCUT2D eigenvalue weighted by atomic mass is 35.5. The third kappa shape index (κ3) is 4.25. The Morgan fingerprint density at radius 2 is 2.00 bits per heavy atom. The van der Waals surface area contributed by atoms with Crippen molar-refractivity contribution < 1.29 is 28.2 Å². The van der Waals surface area contributed by atoms with Crippen molar-refractivity contribution in [2.45, 2.75) is 57.6 Å². The lowest BCUT2D eigenvalue weighted by Crippen LogP contribution is -2.46. The molecule has 3 rings (SSSR count). The molecule has 1 heterocycles. The van der Waals surface area contributed by atoms with Gasteiger partial charge in [0.15, 0.2) is 5.78 Å². The van der Waals surface area contributed by atoms with Crippen molar-refractivity contribution in [3.8, 4) is 0 Å². The molecule has 29 heavy (non-hydrogen) atoms. The first-order valence-electron chi connectivity index (χ1n) is 9.62. The number of esters is 1. The van der Waals surface area contributed by atoms with Gasteiger partial charge in [-0.25, -0.2) is 9.18 Å². The number of hydrogen-bond donors (Lipinski definition) is 0. The number of Topliss-reactive ketones (excluding diaryl/α,β-unsaturated/α-hetero) is 1. The molecule has 3 atom stereocenters. The van der Waals surface area contributed by atoms with Crippen LogP contribution in [0.15, 0.2) is 18.2 Å². The number of nitrogens with zero attached hydrogens (tertiary/aromatic N) is 1. The molecule has 0 spiro atoms. The molecule has 2 fully saturated rings. The number of ether oxygens (including phenoxy) is 2. The maximum atomic E-state index is 14.6. The average Bonchev–Trinajstić information content (AvgIpc) is 3.20. The molecule has 1 aromatic carbocycles. The third-order valence-electron chi connectivity index (χ3n) is 5.35. The number of amides is 1. The Balaban J connectivity index is 1.92. The van der Waals surface area contributed by atoms with Crippen LogP contribution in [0.4, 0.5) is 9.18 Å². The highest BCUT2D eigenvalue weighted by molar-refractivity contribution is 6.30. The van der Waals surface area contributed by atoms with Gasteiger partial charge in [-0.2, -0.15) is 0 Å². The van der Waals surface area contributed by atoms with Crippen LogP contribution in [-0.4, -0.2) is 47.5 Å². The summed E-state index contributed by atoms with van der Waals surface area (Å²) in [6.45, 7) is 7.12. The molecule has 0 N–H and O–H groups in total. The standard InChI is InChI=1S/C21H25ClFNO5/c1-5-28-17(26)9-16(25)18-14-10-21(14,13-8-12(22)6-7-15(13)23)11-24(18)19(27)29-20(2,3)4/h6-8,14,18H,5,9-11H2,1-4H3/t14-,18?,21+/m0/s1. The van der Waals surface area contributed by atoms with Gasteiger partial charge in [0.25, 0.3) is 0 Å². The fourth-order valence-corrected chi connectivity index (χ4v) is 4.35. The number of halogens is 2. The van der Waals surface area contributed by atoms with E-state index in [4.69, 9.17) is 21.1 Å². The predicted octanol–water partition coefficient (Wildman–Crippen LogP) is 3.88. The van der Waals surface area contributed by atoms with E-state index >= 15 is 0 Å². The van der Waals surface area contributed by atoms with Crippen LogP contribution in [0.5, 0.6) is 0 Å². The summed E-state index contributed by atoms with van der Waals surface area (Å²) in [5.41, 5.74) is -1.08. The number of piperidine rings is 1. The first-order valence-corrected chi connectivity index (χ1v) is 10.00. The summed E-state index contributed by atoms with van der Waals surface area (Å²) in [4.78, 5) is 38.8. The normalized spacial score (nSPS) is 25.4. The van der Waals surface area contributed by atoms with Gasteiger partial charge in [0.2, 0.25) is 0 Å². The number of rotatable bonds is 5. The first kappa shape index (κ1) is 21.6. The van der Waals surface area contributed by atoms with Crippen LogP contribution in [0, 0.1) is 11.7 Å². The Morgan fingerprint density at radius 1 is 1.31 bits per heavy atom. The maximum Gasteiger partial charge on any atom is 0.410 e. The van der Waals surface area contributed by atoms with E-state index < -0.39 is 47.1 Å². The van der Waals surface area contributed by atoms with Crippen LogP contribution in [0.1, 0.15) is 46.1 Å². The van der Waals surface area contributed by atoms with E-state index in [0.29, 0.717) is 17.0 Å². The first-order chi connectivity index (χ1) is 13.5. The molecular formula is C21H25ClFNO5. The molecule has 158 valence electrons. The zero-order valence-electron chi connectivity index (χ0n) is 17.0. The molecule has 1 saturated carbocycles. The number of ketones is 1. The quantitative estimate of drug-likeness (QED) is 0.528. The molecule has 0 radical (unpaired) electrons. The van der Waals surface area contributed by atoms with E-state index in [9.17, 15) is 18.8 Å². The van der Waals surface area contributed by atoms with Crippen molar-refractivity contribution in [1.82, 2.24) is 4.90 Å². The van der Waals surface area contributed by atoms with E-state index in [1.165, 1.54) is 17.0 Å². The molecule has 1 aliphatic carbocycles. The Hall–Kier alpha value is -2.15. The molecule has 1 aliphatic heterocycles. The molecule has 1 saturated heterocycles. The zero-order chi connectivity index (χ0) is 21.6. The van der Waals surface area contributed by atoms with Crippen LogP contribution in [0.3, 0.4) is 0 Å². The lowest BCUT2D eigenvalue weighted by molar-refractivity contribution is -0.146. The average molecular weight is 426 g/mol. The van der Waals surface area contributed by atoms with E-state index in [1.54, 1.807) is 33.8 Å². The maximum absolute atomic E-state index is 14.6. The Labute approximate surface area is 174 Å². The van der Waals surface area contributed by atoms with Crippen LogP contribution >= 0.6 is 11.6 Å². The topological polar surface area (TPSA) is 72.9 Å². The molecule has 1 aromatic rings. The minimum atomic E-state index is -0.868. The molecule has 0 bridgehead atoms. The summed E-state index contributed by atoms with van der Waals surface area (Å²) in [6.07, 6.45) is -0.570. The number of benzene rings is 1. The number of carbonyl (C=O) groups excluding carboxylic acids is 3. The molecular weight excluding hydrogens is 401 g/mol. The van der Waals surface area contributed by atoms with Crippen LogP contribution in [0.25, 0.3) is 0 Å². The van der Waals surface area contributed by atoms with Crippen LogP contribution in [-0.2, 0) is 24.5 Å². The molecule has 2 aliphatic rings. The van der Waals surface area contributed by atoms with E-state index in [1.807, 2.05) is 0 Å². The zero-order valence-corrected chi connectivity index (χ0v) is 17.7. The molecule has 0 aromatic heterocycles. The summed E-state index contributed by atoms with van der Waals surface area (Å²) in [5, 5.41) is 0.381. The summed E-state index contributed by atoms with van der Waals surface area (Å²) >= 11 is 6.06. The molecule has 1 amide bonds. The van der Waals surface area contributed by atoms with E-state index in [-0.39, 0.29) is 19.1 Å². The van der Waals surface area contributed by atoms with Gasteiger partial charge in [-0.3, -0.25) is 14.5 Å². The summed E-state index contributed by atoms with van der Waals surface area (Å²) in [5.74, 6) is -1.81. The SMILES string of the molecule is CCOC(=O)CC(=O)C1[C@@H]2C[C@]2(c2cc(Cl)ccc2F)CN1C(=O)OC(C)(C)C. The van der Waals surface area contributed by atoms with E-state index in [2.05, 4.69) is 0 Å². The van der Waals surface area contributed by atoms with Gasteiger partial charge in [-0.05, 0) is 63.8 Å². The van der Waals surface area contributed by atoms with Gasteiger partial charge in [-0.1, -0.05) is 11.6 Å². The van der Waals surface area contributed by atoms with Crippen molar-refractivity contribution in [1.29, 1.82) is 0 Å². The minimum Gasteiger partial charge on any atom is -0.466 e. The summed E-state index contributed by atoms with van der Waals surface area (Å²) in [7, 11) is 0.